The molecule has 0 spiro atoms. The predicted molar refractivity (Wildman–Crippen MR) is 55.6 cm³/mol. The molecule has 76 valence electrons. The Hall–Kier alpha value is -1.56. The van der Waals surface area contributed by atoms with Crippen LogP contribution in [0, 0.1) is 6.57 Å². The Bertz CT molecular complexity index is 253. The van der Waals surface area contributed by atoms with Crippen LogP contribution < -0.4 is 0 Å². The lowest BCUT2D eigenvalue weighted by molar-refractivity contribution is -0.147. The van der Waals surface area contributed by atoms with Gasteiger partial charge in [-0.25, -0.2) is 11.4 Å². The van der Waals surface area contributed by atoms with Gasteiger partial charge in [-0.3, -0.25) is 4.85 Å². The van der Waals surface area contributed by atoms with Gasteiger partial charge in [0.2, 0.25) is 0 Å². The van der Waals surface area contributed by atoms with Gasteiger partial charge in [0.05, 0.1) is 19.4 Å². The van der Waals surface area contributed by atoms with Crippen molar-refractivity contribution in [2.75, 3.05) is 6.61 Å². The van der Waals surface area contributed by atoms with E-state index in [9.17, 15) is 4.79 Å². The third-order valence-electron chi connectivity index (χ3n) is 1.83. The van der Waals surface area contributed by atoms with Crippen molar-refractivity contribution in [3.63, 3.8) is 0 Å². The van der Waals surface area contributed by atoms with Crippen LogP contribution in [0.4, 0.5) is 0 Å². The first kappa shape index (κ1) is 12.4. The lowest BCUT2D eigenvalue weighted by Gasteiger charge is -2.16. The summed E-state index contributed by atoms with van der Waals surface area (Å²) in [6.07, 6.45) is 3.69. The fourth-order valence-electron chi connectivity index (χ4n) is 1.13. The van der Waals surface area contributed by atoms with Crippen molar-refractivity contribution in [1.82, 2.24) is 0 Å². The number of ether oxygens (including phenoxy) is 1. The van der Waals surface area contributed by atoms with Crippen LogP contribution in [-0.2, 0) is 9.53 Å². The first-order valence-electron chi connectivity index (χ1n) is 4.44. The molecule has 0 bridgehead atoms. The van der Waals surface area contributed by atoms with Crippen molar-refractivity contribution in [2.45, 2.75) is 25.3 Å². The molecule has 0 aliphatic carbocycles. The van der Waals surface area contributed by atoms with Gasteiger partial charge in [0, 0.05) is 0 Å². The Morgan fingerprint density at radius 2 is 2.00 bits per heavy atom. The summed E-state index contributed by atoms with van der Waals surface area (Å²) in [5.74, 6) is -0.491. The highest BCUT2D eigenvalue weighted by molar-refractivity contribution is 5.83. The van der Waals surface area contributed by atoms with Crippen LogP contribution in [0.5, 0.6) is 0 Å². The maximum Gasteiger partial charge on any atom is 0.394 e. The second kappa shape index (κ2) is 5.98. The molecule has 3 heteroatoms. The van der Waals surface area contributed by atoms with Crippen molar-refractivity contribution < 1.29 is 9.53 Å². The molecule has 0 rings (SSSR count). The highest BCUT2D eigenvalue weighted by Crippen LogP contribution is 2.24. The van der Waals surface area contributed by atoms with E-state index in [1.165, 1.54) is 0 Å². The van der Waals surface area contributed by atoms with E-state index in [1.54, 1.807) is 19.1 Å². The monoisotopic (exact) mass is 193 g/mol. The molecule has 0 aliphatic rings. The van der Waals surface area contributed by atoms with Gasteiger partial charge in [0.15, 0.2) is 0 Å². The van der Waals surface area contributed by atoms with E-state index >= 15 is 0 Å². The van der Waals surface area contributed by atoms with E-state index in [0.29, 0.717) is 12.8 Å². The van der Waals surface area contributed by atoms with Crippen molar-refractivity contribution in [1.29, 1.82) is 0 Å². The van der Waals surface area contributed by atoms with Gasteiger partial charge < -0.3 is 4.74 Å². The van der Waals surface area contributed by atoms with E-state index in [-0.39, 0.29) is 6.61 Å². The van der Waals surface area contributed by atoms with Crippen LogP contribution in [0.3, 0.4) is 0 Å². The molecule has 0 saturated carbocycles. The zero-order chi connectivity index (χ0) is 11.0. The molecular formula is C11H15NO2. The second-order valence-electron chi connectivity index (χ2n) is 2.85. The van der Waals surface area contributed by atoms with E-state index in [2.05, 4.69) is 18.0 Å². The van der Waals surface area contributed by atoms with Gasteiger partial charge in [-0.15, -0.1) is 13.2 Å². The molecule has 0 saturated heterocycles. The molecular weight excluding hydrogens is 178 g/mol. The van der Waals surface area contributed by atoms with Gasteiger partial charge in [-0.1, -0.05) is 12.2 Å². The fraction of sp³-hybridized carbons (Fsp3) is 0.455. The highest BCUT2D eigenvalue weighted by Gasteiger charge is 2.44. The van der Waals surface area contributed by atoms with Crippen LogP contribution in [-0.4, -0.2) is 18.1 Å². The summed E-state index contributed by atoms with van der Waals surface area (Å²) in [5, 5.41) is 0. The molecule has 0 radical (unpaired) electrons. The number of hydrogen-bond donors (Lipinski definition) is 0. The zero-order valence-corrected chi connectivity index (χ0v) is 8.45. The number of carbonyl (C=O) groups is 1. The number of rotatable bonds is 6. The quantitative estimate of drug-likeness (QED) is 0.368. The summed E-state index contributed by atoms with van der Waals surface area (Å²) >= 11 is 0. The molecule has 0 aromatic rings. The number of carbonyl (C=O) groups excluding carboxylic acids is 1. The van der Waals surface area contributed by atoms with Crippen LogP contribution in [0.25, 0.3) is 4.85 Å². The van der Waals surface area contributed by atoms with Crippen molar-refractivity contribution in [2.24, 2.45) is 0 Å². The van der Waals surface area contributed by atoms with Gasteiger partial charge in [0.1, 0.15) is 0 Å². The normalized spacial score (nSPS) is 10.0. The molecule has 0 aromatic heterocycles. The van der Waals surface area contributed by atoms with E-state index in [1.807, 2.05) is 0 Å². The first-order valence-corrected chi connectivity index (χ1v) is 4.44. The van der Waals surface area contributed by atoms with Gasteiger partial charge in [-0.2, -0.15) is 0 Å². The molecule has 0 atom stereocenters. The third kappa shape index (κ3) is 2.74. The van der Waals surface area contributed by atoms with Crippen molar-refractivity contribution in [3.05, 3.63) is 36.7 Å². The molecule has 0 aliphatic heterocycles. The SMILES string of the molecule is [C-]#[N+]C(CC=C)(CC=C)C(=O)OCC. The average Bonchev–Trinajstić information content (AvgIpc) is 2.17. The van der Waals surface area contributed by atoms with Crippen molar-refractivity contribution in [3.8, 4) is 0 Å². The lowest BCUT2D eigenvalue weighted by atomic mass is 9.92. The van der Waals surface area contributed by atoms with Gasteiger partial charge in [-0.05, 0) is 6.92 Å². The molecule has 0 amide bonds. The minimum absolute atomic E-state index is 0.282. The minimum atomic E-state index is -1.15. The van der Waals surface area contributed by atoms with Gasteiger partial charge >= 0.3 is 11.5 Å². The number of hydrogen-bond acceptors (Lipinski definition) is 2. The molecule has 0 fully saturated rings. The van der Waals surface area contributed by atoms with Crippen LogP contribution >= 0.6 is 0 Å². The molecule has 0 heterocycles. The maximum absolute atomic E-state index is 11.5. The summed E-state index contributed by atoms with van der Waals surface area (Å²) in [7, 11) is 0. The average molecular weight is 193 g/mol. The molecule has 3 nitrogen and oxygen atoms in total. The largest absolute Gasteiger partial charge is 0.460 e. The van der Waals surface area contributed by atoms with E-state index < -0.39 is 11.5 Å². The predicted octanol–water partition coefficient (Wildman–Crippen LogP) is 2.36. The summed E-state index contributed by atoms with van der Waals surface area (Å²) < 4.78 is 4.86. The van der Waals surface area contributed by atoms with Crippen LogP contribution in [0.2, 0.25) is 0 Å². The Morgan fingerprint density at radius 1 is 1.50 bits per heavy atom. The lowest BCUT2D eigenvalue weighted by Crippen LogP contribution is -2.36. The Kier molecular flexibility index (Phi) is 5.31. The first-order chi connectivity index (χ1) is 6.66. The minimum Gasteiger partial charge on any atom is -0.460 e. The zero-order valence-electron chi connectivity index (χ0n) is 8.45. The highest BCUT2D eigenvalue weighted by atomic mass is 16.5. The second-order valence-corrected chi connectivity index (χ2v) is 2.85. The Labute approximate surface area is 84.9 Å². The molecule has 0 unspecified atom stereocenters. The third-order valence-corrected chi connectivity index (χ3v) is 1.83. The molecule has 0 N–H and O–H groups in total. The summed E-state index contributed by atoms with van der Waals surface area (Å²) in [5.41, 5.74) is -1.15. The molecule has 14 heavy (non-hydrogen) atoms. The number of esters is 1. The van der Waals surface area contributed by atoms with Gasteiger partial charge in [0.25, 0.3) is 0 Å². The maximum atomic E-state index is 11.5. The molecule has 0 aromatic carbocycles. The van der Waals surface area contributed by atoms with E-state index in [0.717, 1.165) is 0 Å². The summed E-state index contributed by atoms with van der Waals surface area (Å²) in [6.45, 7) is 16.1. The smallest absolute Gasteiger partial charge is 0.394 e. The van der Waals surface area contributed by atoms with E-state index in [4.69, 9.17) is 11.3 Å². The summed E-state index contributed by atoms with van der Waals surface area (Å²) in [6, 6.07) is 0. The summed E-state index contributed by atoms with van der Waals surface area (Å²) in [4.78, 5) is 14.9. The van der Waals surface area contributed by atoms with Crippen LogP contribution in [0.1, 0.15) is 19.8 Å². The standard InChI is InChI=1S/C11H15NO2/c1-5-8-11(12-4,9-6-2)10(13)14-7-3/h5-6H,1-2,7-9H2,3H3. The Morgan fingerprint density at radius 3 is 2.29 bits per heavy atom. The topological polar surface area (TPSA) is 30.7 Å². The van der Waals surface area contributed by atoms with Crippen molar-refractivity contribution >= 4 is 5.97 Å². The fourth-order valence-corrected chi connectivity index (χ4v) is 1.13. The number of nitrogens with zero attached hydrogens (tertiary/aromatic N) is 1. The Balaban J connectivity index is 4.82. The van der Waals surface area contributed by atoms with Crippen LogP contribution in [0.15, 0.2) is 25.3 Å².